The fraction of sp³-hybridized carbons (Fsp3) is 0. The van der Waals surface area contributed by atoms with E-state index in [0.717, 1.165) is 0 Å². The molecule has 0 aliphatic heterocycles. The molecule has 0 aromatic rings. The Morgan fingerprint density at radius 3 is 1.00 bits per heavy atom. The molecule has 0 N–H and O–H groups in total. The average Bonchev–Trinajstić information content (AvgIpc) is 0.650. The van der Waals surface area contributed by atoms with E-state index in [1.54, 1.807) is 0 Å². The van der Waals surface area contributed by atoms with Crippen LogP contribution in [0.4, 0.5) is 0 Å². The Bertz CT molecular complexity index is 238. The first kappa shape index (κ1) is 6.49. The summed E-state index contributed by atoms with van der Waals surface area (Å²) in [7, 11) is -6.65. The Labute approximate surface area is 41.6 Å². The van der Waals surface area contributed by atoms with Crippen molar-refractivity contribution >= 4 is 0 Å². The zero-order valence-corrected chi connectivity index (χ0v) is 7.26. The summed E-state index contributed by atoms with van der Waals surface area (Å²) >= 11 is 0.183. The van der Waals surface area contributed by atoms with Crippen molar-refractivity contribution in [3.8, 4) is 0 Å². The third-order valence-electron chi connectivity index (χ3n) is 0. The van der Waals surface area contributed by atoms with Gasteiger partial charge in [0.1, 0.15) is 0 Å². The van der Waals surface area contributed by atoms with Gasteiger partial charge in [-0.25, -0.2) is 0 Å². The number of hydrogen-bond donors (Lipinski definition) is 0. The molecule has 0 amide bonds. The molecule has 6 heavy (non-hydrogen) atoms. The first-order chi connectivity index (χ1) is 2.24. The minimum atomic E-state index is -6.65. The average molecular weight is 446 g/mol. The zero-order valence-electron chi connectivity index (χ0n) is 2.32. The summed E-state index contributed by atoms with van der Waals surface area (Å²) in [6.07, 6.45) is 0. The zero-order chi connectivity index (χ0) is 5.45. The fourth-order valence-corrected chi connectivity index (χ4v) is 0. The molecule has 0 bridgehead atoms. The first-order valence-corrected chi connectivity index (χ1v) is 12.6. The third kappa shape index (κ3) is 231. The van der Waals surface area contributed by atoms with Crippen LogP contribution >= 0.6 is 0 Å². The molecule has 0 fully saturated rings. The fourth-order valence-electron chi connectivity index (χ4n) is 0. The van der Waals surface area contributed by atoms with E-state index in [9.17, 15) is 14.2 Å². The van der Waals surface area contributed by atoms with Crippen molar-refractivity contribution in [1.29, 1.82) is 0 Å². The molecule has 0 unspecified atom stereocenters. The van der Waals surface area contributed by atoms with E-state index in [2.05, 4.69) is 0 Å². The summed E-state index contributed by atoms with van der Waals surface area (Å²) in [5.74, 6) is 0. The maximum atomic E-state index is 9.21. The van der Waals surface area contributed by atoms with Gasteiger partial charge in [-0.3, -0.25) is 0 Å². The molecule has 0 aromatic heterocycles. The summed E-state index contributed by atoms with van der Waals surface area (Å²) in [5.41, 5.74) is 0. The molecule has 0 aliphatic carbocycles. The van der Waals surface area contributed by atoms with Crippen molar-refractivity contribution in [2.24, 2.45) is 0 Å². The molecular formula is IrO4Os. The van der Waals surface area contributed by atoms with Gasteiger partial charge in [-0.1, -0.05) is 0 Å². The summed E-state index contributed by atoms with van der Waals surface area (Å²) in [6.45, 7) is 0. The third-order valence-corrected chi connectivity index (χ3v) is 0. The summed E-state index contributed by atoms with van der Waals surface area (Å²) in [6, 6.07) is 0. The second kappa shape index (κ2) is 1.00. The SMILES string of the molecule is [O]=[Os](=[O])(=[O])(=[O])[Ir]. The Morgan fingerprint density at radius 2 is 1.00 bits per heavy atom. The van der Waals surface area contributed by atoms with Crippen molar-refractivity contribution < 1.29 is 41.4 Å². The monoisotopic (exact) mass is 449 g/mol. The van der Waals surface area contributed by atoms with Gasteiger partial charge in [-0.15, -0.1) is 0 Å². The summed E-state index contributed by atoms with van der Waals surface area (Å²) < 4.78 is 36.8. The van der Waals surface area contributed by atoms with Gasteiger partial charge < -0.3 is 0 Å². The van der Waals surface area contributed by atoms with Crippen LogP contribution in [0, 0.1) is 0 Å². The van der Waals surface area contributed by atoms with Gasteiger partial charge in [0.2, 0.25) is 0 Å². The van der Waals surface area contributed by atoms with Gasteiger partial charge in [0.05, 0.1) is 0 Å². The van der Waals surface area contributed by atoms with Gasteiger partial charge in [0, 0.05) is 0 Å². The van der Waals surface area contributed by atoms with Gasteiger partial charge >= 0.3 is 41.4 Å². The van der Waals surface area contributed by atoms with Gasteiger partial charge in [0.25, 0.3) is 0 Å². The van der Waals surface area contributed by atoms with Gasteiger partial charge in [-0.05, 0) is 0 Å². The van der Waals surface area contributed by atoms with E-state index >= 15 is 0 Å². The molecule has 0 heterocycles. The van der Waals surface area contributed by atoms with E-state index in [4.69, 9.17) is 0 Å². The molecule has 0 spiro atoms. The topological polar surface area (TPSA) is 68.3 Å². The molecular weight excluding hydrogens is 446 g/mol. The van der Waals surface area contributed by atoms with Crippen LogP contribution in [0.1, 0.15) is 0 Å². The van der Waals surface area contributed by atoms with Crippen LogP contribution in [-0.4, -0.2) is 0 Å². The van der Waals surface area contributed by atoms with Crippen molar-refractivity contribution in [1.82, 2.24) is 0 Å². The van der Waals surface area contributed by atoms with Crippen molar-refractivity contribution in [3.63, 3.8) is 0 Å². The molecule has 0 atom stereocenters. The molecule has 0 rings (SSSR count). The van der Waals surface area contributed by atoms with Crippen LogP contribution in [0.3, 0.4) is 0 Å². The Hall–Kier alpha value is 0.486. The molecule has 4 nitrogen and oxygen atoms in total. The predicted octanol–water partition coefficient (Wildman–Crippen LogP) is -0.480. The van der Waals surface area contributed by atoms with Gasteiger partial charge in [-0.2, -0.15) is 0 Å². The predicted molar refractivity (Wildman–Crippen MR) is 2.75 cm³/mol. The molecule has 6 heteroatoms. The minimum absolute atomic E-state index is 0.183. The van der Waals surface area contributed by atoms with Crippen LogP contribution in [0.25, 0.3) is 0 Å². The number of hydrogen-bond acceptors (Lipinski definition) is 4. The van der Waals surface area contributed by atoms with E-state index in [-0.39, 0.29) is 16.3 Å². The van der Waals surface area contributed by atoms with Crippen molar-refractivity contribution in [2.75, 3.05) is 0 Å². The standard InChI is InChI=1S/Ir.4O.Os. The van der Waals surface area contributed by atoms with Crippen LogP contribution in [0.5, 0.6) is 0 Å². The van der Waals surface area contributed by atoms with Crippen LogP contribution in [0.2, 0.25) is 0 Å². The summed E-state index contributed by atoms with van der Waals surface area (Å²) in [4.78, 5) is 0. The van der Waals surface area contributed by atoms with Crippen molar-refractivity contribution in [2.45, 2.75) is 0 Å². The van der Waals surface area contributed by atoms with Crippen LogP contribution in [-0.2, 0) is 41.4 Å². The normalized spacial score (nSPS) is 18.7. The quantitative estimate of drug-likeness (QED) is 0.504. The molecule has 0 saturated carbocycles. The van der Waals surface area contributed by atoms with E-state index in [0.29, 0.717) is 0 Å². The van der Waals surface area contributed by atoms with E-state index < -0.39 is 11.0 Å². The molecule has 0 radical (unpaired) electrons. The van der Waals surface area contributed by atoms with Gasteiger partial charge in [0.15, 0.2) is 0 Å². The van der Waals surface area contributed by atoms with Crippen LogP contribution in [0.15, 0.2) is 0 Å². The summed E-state index contributed by atoms with van der Waals surface area (Å²) in [5, 5.41) is 0. The van der Waals surface area contributed by atoms with E-state index in [1.807, 2.05) is 0 Å². The maximum absolute atomic E-state index is 9.21. The molecule has 41 valence electrons. The Morgan fingerprint density at radius 1 is 1.00 bits per heavy atom. The number of rotatable bonds is 0. The van der Waals surface area contributed by atoms with Crippen LogP contribution < -0.4 is 0 Å². The second-order valence-electron chi connectivity index (χ2n) is 0.546. The first-order valence-electron chi connectivity index (χ1n) is 0.695. The van der Waals surface area contributed by atoms with E-state index in [1.165, 1.54) is 0 Å². The Kier molecular flexibility index (Phi) is 1.09. The molecule has 0 aromatic carbocycles. The second-order valence-corrected chi connectivity index (χ2v) is 15.8. The molecule has 0 saturated heterocycles. The van der Waals surface area contributed by atoms with Crippen molar-refractivity contribution in [3.05, 3.63) is 0 Å². The molecule has 0 aliphatic rings. The Balaban J connectivity index is 6.26.